The molecule has 1 aliphatic rings. The van der Waals surface area contributed by atoms with Gasteiger partial charge in [-0.15, -0.1) is 0 Å². The quantitative estimate of drug-likeness (QED) is 0.284. The van der Waals surface area contributed by atoms with Crippen LogP contribution in [0.4, 0.5) is 0 Å². The van der Waals surface area contributed by atoms with Crippen LogP contribution < -0.4 is 5.63 Å². The number of nitrogens with zero attached hydrogens (tertiary/aromatic N) is 1. The van der Waals surface area contributed by atoms with Gasteiger partial charge < -0.3 is 9.15 Å². The summed E-state index contributed by atoms with van der Waals surface area (Å²) in [7, 11) is 0. The molecule has 0 saturated heterocycles. The Bertz CT molecular complexity index is 1390. The molecule has 1 unspecified atom stereocenters. The smallest absolute Gasteiger partial charge is 0.339 e. The van der Waals surface area contributed by atoms with E-state index in [-0.39, 0.29) is 12.6 Å². The van der Waals surface area contributed by atoms with Crippen LogP contribution in [0.3, 0.4) is 0 Å². The fourth-order valence-corrected chi connectivity index (χ4v) is 4.67. The van der Waals surface area contributed by atoms with E-state index in [1.165, 1.54) is 6.07 Å². The van der Waals surface area contributed by atoms with Gasteiger partial charge in [-0.05, 0) is 55.0 Å². The summed E-state index contributed by atoms with van der Waals surface area (Å²) in [5, 5.41) is 1.55. The SMILES string of the molecule is CC1CCc2nc3ccccc3c(C(=O)OCc3cc(=O)oc4cc(Br)ccc34)c2C1. The molecule has 31 heavy (non-hydrogen) atoms. The Morgan fingerprint density at radius 3 is 2.90 bits per heavy atom. The van der Waals surface area contributed by atoms with Gasteiger partial charge in [-0.2, -0.15) is 0 Å². The van der Waals surface area contributed by atoms with Crippen LogP contribution in [0.5, 0.6) is 0 Å². The molecule has 156 valence electrons. The maximum atomic E-state index is 13.3. The number of halogens is 1. The van der Waals surface area contributed by atoms with Crippen molar-refractivity contribution in [2.24, 2.45) is 5.92 Å². The first kappa shape index (κ1) is 19.9. The summed E-state index contributed by atoms with van der Waals surface area (Å²) in [6.45, 7) is 2.18. The number of esters is 1. The molecule has 1 aliphatic carbocycles. The number of para-hydroxylation sites is 1. The van der Waals surface area contributed by atoms with E-state index in [4.69, 9.17) is 14.1 Å². The second-order valence-corrected chi connectivity index (χ2v) is 9.00. The van der Waals surface area contributed by atoms with E-state index in [1.54, 1.807) is 6.07 Å². The Hall–Kier alpha value is -2.99. The second-order valence-electron chi connectivity index (χ2n) is 8.08. The number of fused-ring (bicyclic) bond motifs is 3. The summed E-state index contributed by atoms with van der Waals surface area (Å²) in [5.74, 6) is 0.102. The van der Waals surface area contributed by atoms with Crippen molar-refractivity contribution in [3.8, 4) is 0 Å². The summed E-state index contributed by atoms with van der Waals surface area (Å²) in [6.07, 6.45) is 2.73. The highest BCUT2D eigenvalue weighted by atomic mass is 79.9. The van der Waals surface area contributed by atoms with Crippen LogP contribution in [-0.2, 0) is 24.2 Å². The first-order valence-electron chi connectivity index (χ1n) is 10.3. The summed E-state index contributed by atoms with van der Waals surface area (Å²) in [5.41, 5.74) is 3.97. The summed E-state index contributed by atoms with van der Waals surface area (Å²) in [4.78, 5) is 30.1. The molecule has 5 rings (SSSR count). The molecule has 0 amide bonds. The topological polar surface area (TPSA) is 69.4 Å². The fourth-order valence-electron chi connectivity index (χ4n) is 4.33. The maximum absolute atomic E-state index is 13.3. The van der Waals surface area contributed by atoms with E-state index >= 15 is 0 Å². The van der Waals surface area contributed by atoms with Crippen LogP contribution in [0.25, 0.3) is 21.9 Å². The number of carbonyl (C=O) groups excluding carboxylic acids is 1. The normalized spacial score (nSPS) is 15.7. The van der Waals surface area contributed by atoms with Gasteiger partial charge in [0.15, 0.2) is 0 Å². The van der Waals surface area contributed by atoms with Crippen molar-refractivity contribution < 1.29 is 13.9 Å². The molecule has 1 atom stereocenters. The number of hydrogen-bond donors (Lipinski definition) is 0. The van der Waals surface area contributed by atoms with Gasteiger partial charge in [-0.3, -0.25) is 4.98 Å². The third-order valence-electron chi connectivity index (χ3n) is 5.86. The average molecular weight is 478 g/mol. The maximum Gasteiger partial charge on any atom is 0.339 e. The predicted molar refractivity (Wildman–Crippen MR) is 122 cm³/mol. The Morgan fingerprint density at radius 2 is 2.03 bits per heavy atom. The molecule has 0 saturated carbocycles. The minimum Gasteiger partial charge on any atom is -0.457 e. The van der Waals surface area contributed by atoms with E-state index in [9.17, 15) is 9.59 Å². The molecule has 0 radical (unpaired) electrons. The van der Waals surface area contributed by atoms with Crippen molar-refractivity contribution in [1.29, 1.82) is 0 Å². The number of ether oxygens (including phenoxy) is 1. The molecule has 2 heterocycles. The number of hydrogen-bond acceptors (Lipinski definition) is 5. The van der Waals surface area contributed by atoms with Gasteiger partial charge in [0.05, 0.1) is 11.1 Å². The Kier molecular flexibility index (Phi) is 5.10. The van der Waals surface area contributed by atoms with E-state index in [1.807, 2.05) is 36.4 Å². The molecule has 2 aromatic heterocycles. The molecule has 0 fully saturated rings. The average Bonchev–Trinajstić information content (AvgIpc) is 2.75. The lowest BCUT2D eigenvalue weighted by Crippen LogP contribution is -2.19. The molecule has 0 N–H and O–H groups in total. The van der Waals surface area contributed by atoms with Crippen LogP contribution in [-0.4, -0.2) is 11.0 Å². The first-order valence-corrected chi connectivity index (χ1v) is 11.1. The lowest BCUT2D eigenvalue weighted by Gasteiger charge is -2.24. The van der Waals surface area contributed by atoms with Crippen molar-refractivity contribution in [3.63, 3.8) is 0 Å². The van der Waals surface area contributed by atoms with Gasteiger partial charge in [-0.1, -0.05) is 41.1 Å². The van der Waals surface area contributed by atoms with Crippen LogP contribution >= 0.6 is 15.9 Å². The van der Waals surface area contributed by atoms with Gasteiger partial charge in [-0.25, -0.2) is 9.59 Å². The molecule has 0 spiro atoms. The highest BCUT2D eigenvalue weighted by molar-refractivity contribution is 9.10. The number of carbonyl (C=O) groups is 1. The van der Waals surface area contributed by atoms with Crippen LogP contribution in [0.15, 0.2) is 62.2 Å². The molecular formula is C25H20BrNO4. The standard InChI is InChI=1S/C25H20BrNO4/c1-14-6-9-21-19(10-14)24(18-4-2-3-5-20(18)27-21)25(29)30-13-15-11-23(28)31-22-12-16(26)7-8-17(15)22/h2-5,7-8,11-12,14H,6,9-10,13H2,1H3. The molecule has 2 aromatic carbocycles. The second kappa shape index (κ2) is 7.93. The lowest BCUT2D eigenvalue weighted by molar-refractivity contribution is 0.0474. The predicted octanol–water partition coefficient (Wildman–Crippen LogP) is 5.59. The number of pyridine rings is 1. The molecule has 0 aliphatic heterocycles. The van der Waals surface area contributed by atoms with Gasteiger partial charge >= 0.3 is 11.6 Å². The zero-order valence-corrected chi connectivity index (χ0v) is 18.6. The molecule has 4 aromatic rings. The Morgan fingerprint density at radius 1 is 1.19 bits per heavy atom. The highest BCUT2D eigenvalue weighted by Crippen LogP contribution is 2.32. The largest absolute Gasteiger partial charge is 0.457 e. The molecule has 0 bridgehead atoms. The van der Waals surface area contributed by atoms with Gasteiger partial charge in [0.25, 0.3) is 0 Å². The summed E-state index contributed by atoms with van der Waals surface area (Å²) < 4.78 is 11.8. The number of benzene rings is 2. The first-order chi connectivity index (χ1) is 15.0. The van der Waals surface area contributed by atoms with E-state index < -0.39 is 5.63 Å². The monoisotopic (exact) mass is 477 g/mol. The lowest BCUT2D eigenvalue weighted by atomic mass is 9.84. The number of aryl methyl sites for hydroxylation is 1. The minimum absolute atomic E-state index is 0.0104. The molecule has 5 nitrogen and oxygen atoms in total. The minimum atomic E-state index is -0.475. The van der Waals surface area contributed by atoms with Gasteiger partial charge in [0.2, 0.25) is 0 Å². The third-order valence-corrected chi connectivity index (χ3v) is 6.35. The van der Waals surface area contributed by atoms with Crippen molar-refractivity contribution in [1.82, 2.24) is 4.98 Å². The summed E-state index contributed by atoms with van der Waals surface area (Å²) in [6, 6.07) is 14.5. The van der Waals surface area contributed by atoms with Crippen molar-refractivity contribution in [2.45, 2.75) is 32.8 Å². The van der Waals surface area contributed by atoms with Crippen LogP contribution in [0.2, 0.25) is 0 Å². The summed E-state index contributed by atoms with van der Waals surface area (Å²) >= 11 is 3.38. The van der Waals surface area contributed by atoms with Crippen molar-refractivity contribution in [3.05, 3.63) is 85.8 Å². The van der Waals surface area contributed by atoms with E-state index in [2.05, 4.69) is 22.9 Å². The fraction of sp³-hybridized carbons (Fsp3) is 0.240. The number of rotatable bonds is 3. The van der Waals surface area contributed by atoms with Crippen molar-refractivity contribution >= 4 is 43.8 Å². The van der Waals surface area contributed by atoms with E-state index in [0.717, 1.165) is 51.3 Å². The van der Waals surface area contributed by atoms with E-state index in [0.29, 0.717) is 22.6 Å². The molecule has 6 heteroatoms. The Labute approximate surface area is 187 Å². The zero-order valence-electron chi connectivity index (χ0n) is 17.0. The third kappa shape index (κ3) is 3.76. The van der Waals surface area contributed by atoms with Crippen LogP contribution in [0, 0.1) is 5.92 Å². The number of aromatic nitrogens is 1. The zero-order chi connectivity index (χ0) is 21.5. The van der Waals surface area contributed by atoms with Gasteiger partial charge in [0, 0.05) is 32.6 Å². The Balaban J connectivity index is 1.54. The molecular weight excluding hydrogens is 458 g/mol. The van der Waals surface area contributed by atoms with Crippen molar-refractivity contribution in [2.75, 3.05) is 0 Å². The highest BCUT2D eigenvalue weighted by Gasteiger charge is 2.26. The van der Waals surface area contributed by atoms with Gasteiger partial charge in [0.1, 0.15) is 12.2 Å². The van der Waals surface area contributed by atoms with Crippen LogP contribution in [0.1, 0.15) is 40.5 Å².